The normalized spacial score (nSPS) is 17.3. The highest BCUT2D eigenvalue weighted by Gasteiger charge is 2.35. The van der Waals surface area contributed by atoms with Crippen LogP contribution in [-0.4, -0.2) is 49.7 Å². The van der Waals surface area contributed by atoms with Crippen LogP contribution in [0.15, 0.2) is 30.7 Å². The van der Waals surface area contributed by atoms with E-state index in [2.05, 4.69) is 19.9 Å². The number of hydrogen-bond acceptors (Lipinski definition) is 6. The van der Waals surface area contributed by atoms with Crippen molar-refractivity contribution in [2.45, 2.75) is 24.9 Å². The van der Waals surface area contributed by atoms with Gasteiger partial charge in [0.1, 0.15) is 17.2 Å². The first kappa shape index (κ1) is 19.4. The van der Waals surface area contributed by atoms with Crippen molar-refractivity contribution in [3.63, 3.8) is 0 Å². The number of aliphatic hydroxyl groups excluding tert-OH is 1. The lowest BCUT2D eigenvalue weighted by atomic mass is 9.99. The van der Waals surface area contributed by atoms with Gasteiger partial charge in [0.2, 0.25) is 0 Å². The molecule has 32 heavy (non-hydrogen) atoms. The number of rotatable bonds is 4. The maximum absolute atomic E-state index is 13.3. The van der Waals surface area contributed by atoms with E-state index in [1.807, 2.05) is 6.20 Å². The Morgan fingerprint density at radius 3 is 2.69 bits per heavy atom. The number of aliphatic hydroxyl groups is 1. The monoisotopic (exact) mass is 440 g/mol. The average molecular weight is 440 g/mol. The second-order valence-corrected chi connectivity index (χ2v) is 8.52. The van der Waals surface area contributed by atoms with Crippen molar-refractivity contribution in [2.75, 3.05) is 24.6 Å². The van der Waals surface area contributed by atoms with Gasteiger partial charge >= 0.3 is 6.18 Å². The Kier molecular flexibility index (Phi) is 4.16. The van der Waals surface area contributed by atoms with Crippen molar-refractivity contribution in [1.29, 1.82) is 0 Å². The van der Waals surface area contributed by atoms with Crippen LogP contribution in [0.4, 0.5) is 19.0 Å². The highest BCUT2D eigenvalue weighted by Crippen LogP contribution is 2.45. The van der Waals surface area contributed by atoms with Crippen LogP contribution in [0.5, 0.6) is 0 Å². The first-order valence-corrected chi connectivity index (χ1v) is 10.5. The van der Waals surface area contributed by atoms with Crippen LogP contribution in [0, 0.1) is 5.92 Å². The fraction of sp³-hybridized carbons (Fsp3) is 0.364. The standard InChI is InChI=1S/C22H19F3N6O/c23-22(24,25)17-5-14-13(3-4-27-19(14)29-17)20-28-16-7-26-6-15(12-1-2-12)18(16)21(30-20)31-8-11(9-31)10-32/h3-7,11-12,32H,1-2,8-10H2,(H,27,29). The Balaban J connectivity index is 1.56. The van der Waals surface area contributed by atoms with Gasteiger partial charge in [-0.1, -0.05) is 0 Å². The van der Waals surface area contributed by atoms with Gasteiger partial charge in [0.15, 0.2) is 5.82 Å². The van der Waals surface area contributed by atoms with E-state index in [9.17, 15) is 18.3 Å². The molecule has 1 aliphatic heterocycles. The largest absolute Gasteiger partial charge is 0.431 e. The Morgan fingerprint density at radius 2 is 1.97 bits per heavy atom. The molecule has 1 saturated carbocycles. The molecule has 5 heterocycles. The molecule has 2 fully saturated rings. The fourth-order valence-corrected chi connectivity index (χ4v) is 4.37. The molecule has 0 atom stereocenters. The van der Waals surface area contributed by atoms with Gasteiger partial charge in [-0.15, -0.1) is 0 Å². The number of aromatic nitrogens is 5. The third-order valence-corrected chi connectivity index (χ3v) is 6.23. The molecular weight excluding hydrogens is 421 g/mol. The summed E-state index contributed by atoms with van der Waals surface area (Å²) in [4.78, 5) is 22.4. The van der Waals surface area contributed by atoms with Crippen molar-refractivity contribution in [1.82, 2.24) is 24.9 Å². The van der Waals surface area contributed by atoms with Crippen molar-refractivity contribution >= 4 is 27.8 Å². The highest BCUT2D eigenvalue weighted by atomic mass is 19.4. The Morgan fingerprint density at radius 1 is 1.16 bits per heavy atom. The topological polar surface area (TPSA) is 90.8 Å². The van der Waals surface area contributed by atoms with Gasteiger partial charge in [-0.05, 0) is 36.5 Å². The zero-order valence-electron chi connectivity index (χ0n) is 16.9. The molecule has 0 aromatic carbocycles. The molecule has 6 rings (SSSR count). The number of nitrogens with zero attached hydrogens (tertiary/aromatic N) is 5. The molecular formula is C22H19F3N6O. The quantitative estimate of drug-likeness (QED) is 0.500. The van der Waals surface area contributed by atoms with Crippen molar-refractivity contribution in [3.05, 3.63) is 42.0 Å². The van der Waals surface area contributed by atoms with Crippen LogP contribution in [0.2, 0.25) is 0 Å². The zero-order valence-corrected chi connectivity index (χ0v) is 16.9. The smallest absolute Gasteiger partial charge is 0.396 e. The van der Waals surface area contributed by atoms with E-state index in [1.54, 1.807) is 12.3 Å². The van der Waals surface area contributed by atoms with Crippen molar-refractivity contribution in [3.8, 4) is 11.4 Å². The Hall–Kier alpha value is -3.27. The molecule has 0 radical (unpaired) electrons. The lowest BCUT2D eigenvalue weighted by Crippen LogP contribution is -2.49. The summed E-state index contributed by atoms with van der Waals surface area (Å²) in [5, 5.41) is 10.7. The summed E-state index contributed by atoms with van der Waals surface area (Å²) in [6.07, 6.45) is 2.67. The van der Waals surface area contributed by atoms with E-state index in [1.165, 1.54) is 6.20 Å². The number of hydrogen-bond donors (Lipinski definition) is 2. The summed E-state index contributed by atoms with van der Waals surface area (Å²) < 4.78 is 39.8. The molecule has 0 unspecified atom stereocenters. The number of H-pyrrole nitrogens is 1. The number of nitrogens with one attached hydrogen (secondary N) is 1. The van der Waals surface area contributed by atoms with Crippen LogP contribution in [0.25, 0.3) is 33.3 Å². The molecule has 0 amide bonds. The van der Waals surface area contributed by atoms with Gasteiger partial charge in [-0.2, -0.15) is 13.2 Å². The molecule has 0 bridgehead atoms. The minimum Gasteiger partial charge on any atom is -0.396 e. The highest BCUT2D eigenvalue weighted by molar-refractivity contribution is 5.97. The van der Waals surface area contributed by atoms with Crippen molar-refractivity contribution < 1.29 is 18.3 Å². The molecule has 0 spiro atoms. The third kappa shape index (κ3) is 3.09. The zero-order chi connectivity index (χ0) is 22.0. The molecule has 1 aliphatic carbocycles. The lowest BCUT2D eigenvalue weighted by Gasteiger charge is -2.40. The van der Waals surface area contributed by atoms with Crippen LogP contribution >= 0.6 is 0 Å². The van der Waals surface area contributed by atoms with Gasteiger partial charge in [0, 0.05) is 54.3 Å². The summed E-state index contributed by atoms with van der Waals surface area (Å²) in [7, 11) is 0. The maximum Gasteiger partial charge on any atom is 0.431 e. The van der Waals surface area contributed by atoms with Crippen molar-refractivity contribution in [2.24, 2.45) is 5.92 Å². The first-order chi connectivity index (χ1) is 15.4. The van der Waals surface area contributed by atoms with Crippen LogP contribution in [0.3, 0.4) is 0 Å². The van der Waals surface area contributed by atoms with Crippen LogP contribution in [-0.2, 0) is 6.18 Å². The minimum absolute atomic E-state index is 0.109. The SMILES string of the molecule is OCC1CN(c2nc(-c3ccnc4[nH]c(C(F)(F)F)cc34)nc3cncc(C4CC4)c23)C1. The molecule has 2 aliphatic rings. The van der Waals surface area contributed by atoms with Gasteiger partial charge in [-0.25, -0.2) is 15.0 Å². The molecule has 2 N–H and O–H groups in total. The van der Waals surface area contributed by atoms with E-state index in [-0.39, 0.29) is 18.2 Å². The van der Waals surface area contributed by atoms with Gasteiger partial charge in [-0.3, -0.25) is 4.98 Å². The lowest BCUT2D eigenvalue weighted by molar-refractivity contribution is -0.140. The van der Waals surface area contributed by atoms with Gasteiger partial charge in [0.05, 0.1) is 11.7 Å². The second-order valence-electron chi connectivity index (χ2n) is 8.52. The summed E-state index contributed by atoms with van der Waals surface area (Å²) in [6, 6.07) is 2.68. The third-order valence-electron chi connectivity index (χ3n) is 6.23. The van der Waals surface area contributed by atoms with Crippen LogP contribution in [0.1, 0.15) is 30.0 Å². The minimum atomic E-state index is -4.51. The van der Waals surface area contributed by atoms with E-state index < -0.39 is 11.9 Å². The van der Waals surface area contributed by atoms with E-state index in [0.717, 1.165) is 35.7 Å². The predicted molar refractivity (Wildman–Crippen MR) is 112 cm³/mol. The summed E-state index contributed by atoms with van der Waals surface area (Å²) in [6.45, 7) is 1.45. The summed E-state index contributed by atoms with van der Waals surface area (Å²) in [5.41, 5.74) is 1.52. The molecule has 10 heteroatoms. The molecule has 164 valence electrons. The average Bonchev–Trinajstić information content (AvgIpc) is 3.48. The summed E-state index contributed by atoms with van der Waals surface area (Å²) in [5.74, 6) is 1.69. The Bertz CT molecular complexity index is 1340. The Labute approximate surface area is 180 Å². The molecule has 7 nitrogen and oxygen atoms in total. The predicted octanol–water partition coefficient (Wildman–Crippen LogP) is 3.89. The van der Waals surface area contributed by atoms with E-state index in [0.29, 0.717) is 41.3 Å². The molecule has 4 aromatic rings. The van der Waals surface area contributed by atoms with Gasteiger partial charge < -0.3 is 15.0 Å². The number of aromatic amines is 1. The summed E-state index contributed by atoms with van der Waals surface area (Å²) >= 11 is 0. The maximum atomic E-state index is 13.3. The number of alkyl halides is 3. The number of halogens is 3. The van der Waals surface area contributed by atoms with Gasteiger partial charge in [0.25, 0.3) is 0 Å². The number of fused-ring (bicyclic) bond motifs is 2. The number of pyridine rings is 2. The first-order valence-electron chi connectivity index (χ1n) is 10.5. The van der Waals surface area contributed by atoms with E-state index in [4.69, 9.17) is 9.97 Å². The second kappa shape index (κ2) is 6.86. The molecule has 1 saturated heterocycles. The van der Waals surface area contributed by atoms with E-state index >= 15 is 0 Å². The molecule has 4 aromatic heterocycles. The number of anilines is 1. The fourth-order valence-electron chi connectivity index (χ4n) is 4.37. The van der Waals surface area contributed by atoms with Crippen LogP contribution < -0.4 is 4.90 Å².